The maximum Gasteiger partial charge on any atom is 0.0472 e. The van der Waals surface area contributed by atoms with Gasteiger partial charge >= 0.3 is 0 Å². The summed E-state index contributed by atoms with van der Waals surface area (Å²) in [6.07, 6.45) is 0.581. The number of benzene rings is 2. The minimum absolute atomic E-state index is 0.103. The number of rotatable bonds is 5. The molecule has 2 aromatic carbocycles. The molecule has 0 saturated heterocycles. The lowest BCUT2D eigenvalue weighted by molar-refractivity contribution is 0.300. The van der Waals surface area contributed by atoms with Gasteiger partial charge in [-0.25, -0.2) is 0 Å². The standard InChI is InChI=1S/C15H19N3O/c16-13-5-6-15(11(9-13)7-8-19)18-10-12-3-1-2-4-14(12)17/h1-6,9,18-19H,7-8,10,16-17H2. The highest BCUT2D eigenvalue weighted by Crippen LogP contribution is 2.21. The Balaban J connectivity index is 2.13. The second kappa shape index (κ2) is 6.11. The van der Waals surface area contributed by atoms with Gasteiger partial charge in [-0.1, -0.05) is 18.2 Å². The average molecular weight is 257 g/mol. The van der Waals surface area contributed by atoms with Gasteiger partial charge in [-0.05, 0) is 41.8 Å². The molecule has 0 amide bonds. The Kier molecular flexibility index (Phi) is 4.26. The van der Waals surface area contributed by atoms with Crippen LogP contribution in [0.3, 0.4) is 0 Å². The quantitative estimate of drug-likeness (QED) is 0.617. The molecule has 0 aliphatic rings. The SMILES string of the molecule is Nc1ccc(NCc2ccccc2N)c(CCO)c1. The van der Waals surface area contributed by atoms with Gasteiger partial charge in [-0.2, -0.15) is 0 Å². The number of hydrogen-bond acceptors (Lipinski definition) is 4. The zero-order valence-electron chi connectivity index (χ0n) is 10.8. The normalized spacial score (nSPS) is 10.4. The number of anilines is 3. The van der Waals surface area contributed by atoms with E-state index in [4.69, 9.17) is 16.6 Å². The van der Waals surface area contributed by atoms with E-state index in [1.807, 2.05) is 42.5 Å². The van der Waals surface area contributed by atoms with Crippen molar-refractivity contribution in [1.29, 1.82) is 0 Å². The Morgan fingerprint density at radius 1 is 1.00 bits per heavy atom. The van der Waals surface area contributed by atoms with Gasteiger partial charge in [0.2, 0.25) is 0 Å². The van der Waals surface area contributed by atoms with E-state index in [2.05, 4.69) is 5.32 Å². The van der Waals surface area contributed by atoms with E-state index in [0.29, 0.717) is 18.7 Å². The van der Waals surface area contributed by atoms with Crippen LogP contribution in [-0.4, -0.2) is 11.7 Å². The number of nitrogens with one attached hydrogen (secondary N) is 1. The van der Waals surface area contributed by atoms with Gasteiger partial charge < -0.3 is 21.9 Å². The van der Waals surface area contributed by atoms with Crippen LogP contribution in [0.1, 0.15) is 11.1 Å². The minimum Gasteiger partial charge on any atom is -0.399 e. The largest absolute Gasteiger partial charge is 0.399 e. The molecular weight excluding hydrogens is 238 g/mol. The van der Waals surface area contributed by atoms with E-state index >= 15 is 0 Å². The second-order valence-electron chi connectivity index (χ2n) is 4.44. The van der Waals surface area contributed by atoms with Crippen LogP contribution in [0.4, 0.5) is 17.1 Å². The van der Waals surface area contributed by atoms with Gasteiger partial charge in [-0.15, -0.1) is 0 Å². The molecule has 0 spiro atoms. The molecular formula is C15H19N3O. The summed E-state index contributed by atoms with van der Waals surface area (Å²) in [7, 11) is 0. The Bertz CT molecular complexity index is 555. The Morgan fingerprint density at radius 3 is 2.53 bits per heavy atom. The van der Waals surface area contributed by atoms with Gasteiger partial charge in [0.15, 0.2) is 0 Å². The van der Waals surface area contributed by atoms with E-state index in [1.54, 1.807) is 0 Å². The van der Waals surface area contributed by atoms with Crippen LogP contribution in [0.15, 0.2) is 42.5 Å². The highest BCUT2D eigenvalue weighted by atomic mass is 16.2. The van der Waals surface area contributed by atoms with Crippen LogP contribution in [0.2, 0.25) is 0 Å². The van der Waals surface area contributed by atoms with Crippen molar-refractivity contribution in [2.75, 3.05) is 23.4 Å². The number of nitrogens with two attached hydrogens (primary N) is 2. The molecule has 6 N–H and O–H groups in total. The zero-order chi connectivity index (χ0) is 13.7. The molecule has 0 fully saturated rings. The summed E-state index contributed by atoms with van der Waals surface area (Å²) in [4.78, 5) is 0. The van der Waals surface area contributed by atoms with Crippen LogP contribution < -0.4 is 16.8 Å². The summed E-state index contributed by atoms with van der Waals surface area (Å²) >= 11 is 0. The first-order valence-corrected chi connectivity index (χ1v) is 6.27. The number of para-hydroxylation sites is 1. The molecule has 0 aliphatic carbocycles. The van der Waals surface area contributed by atoms with Crippen molar-refractivity contribution in [3.8, 4) is 0 Å². The van der Waals surface area contributed by atoms with E-state index in [0.717, 1.165) is 22.5 Å². The predicted molar refractivity (Wildman–Crippen MR) is 79.8 cm³/mol. The van der Waals surface area contributed by atoms with Crippen molar-refractivity contribution in [2.24, 2.45) is 0 Å². The first-order valence-electron chi connectivity index (χ1n) is 6.27. The number of hydrogen-bond donors (Lipinski definition) is 4. The third-order valence-electron chi connectivity index (χ3n) is 3.03. The predicted octanol–water partition coefficient (Wildman–Crippen LogP) is 2.00. The van der Waals surface area contributed by atoms with Crippen LogP contribution in [-0.2, 0) is 13.0 Å². The van der Waals surface area contributed by atoms with Crippen molar-refractivity contribution in [2.45, 2.75) is 13.0 Å². The second-order valence-corrected chi connectivity index (χ2v) is 4.44. The molecule has 19 heavy (non-hydrogen) atoms. The third-order valence-corrected chi connectivity index (χ3v) is 3.03. The first-order chi connectivity index (χ1) is 9.20. The van der Waals surface area contributed by atoms with Gasteiger partial charge in [0.05, 0.1) is 0 Å². The summed E-state index contributed by atoms with van der Waals surface area (Å²) in [6.45, 7) is 0.751. The van der Waals surface area contributed by atoms with Crippen LogP contribution in [0, 0.1) is 0 Å². The molecule has 0 atom stereocenters. The monoisotopic (exact) mass is 257 g/mol. The fourth-order valence-corrected chi connectivity index (χ4v) is 2.00. The van der Waals surface area contributed by atoms with Gasteiger partial charge in [0.25, 0.3) is 0 Å². The van der Waals surface area contributed by atoms with Crippen molar-refractivity contribution >= 4 is 17.1 Å². The molecule has 0 heterocycles. The smallest absolute Gasteiger partial charge is 0.0472 e. The number of aliphatic hydroxyl groups is 1. The summed E-state index contributed by atoms with van der Waals surface area (Å²) in [6, 6.07) is 13.4. The fraction of sp³-hybridized carbons (Fsp3) is 0.200. The molecule has 0 radical (unpaired) electrons. The van der Waals surface area contributed by atoms with Crippen molar-refractivity contribution in [3.05, 3.63) is 53.6 Å². The molecule has 0 bridgehead atoms. The topological polar surface area (TPSA) is 84.3 Å². The van der Waals surface area contributed by atoms with Crippen LogP contribution >= 0.6 is 0 Å². The number of aliphatic hydroxyl groups excluding tert-OH is 1. The lowest BCUT2D eigenvalue weighted by Gasteiger charge is -2.13. The van der Waals surface area contributed by atoms with Gasteiger partial charge in [-0.3, -0.25) is 0 Å². The fourth-order valence-electron chi connectivity index (χ4n) is 2.00. The van der Waals surface area contributed by atoms with E-state index in [-0.39, 0.29) is 6.61 Å². The maximum atomic E-state index is 9.08. The molecule has 2 aromatic rings. The van der Waals surface area contributed by atoms with Crippen LogP contribution in [0.25, 0.3) is 0 Å². The molecule has 4 nitrogen and oxygen atoms in total. The number of nitrogen functional groups attached to an aromatic ring is 2. The third kappa shape index (κ3) is 3.39. The van der Waals surface area contributed by atoms with Crippen molar-refractivity contribution in [3.63, 3.8) is 0 Å². The molecule has 0 aliphatic heterocycles. The zero-order valence-corrected chi connectivity index (χ0v) is 10.8. The molecule has 0 aromatic heterocycles. The summed E-state index contributed by atoms with van der Waals surface area (Å²) < 4.78 is 0. The Hall–Kier alpha value is -2.20. The molecule has 100 valence electrons. The van der Waals surface area contributed by atoms with Crippen LogP contribution in [0.5, 0.6) is 0 Å². The Morgan fingerprint density at radius 2 is 1.79 bits per heavy atom. The highest BCUT2D eigenvalue weighted by Gasteiger charge is 2.04. The lowest BCUT2D eigenvalue weighted by Crippen LogP contribution is -2.06. The molecule has 0 unspecified atom stereocenters. The Labute approximate surface area is 113 Å². The summed E-state index contributed by atoms with van der Waals surface area (Å²) in [5.41, 5.74) is 16.2. The molecule has 2 rings (SSSR count). The molecule has 0 saturated carbocycles. The van der Waals surface area contributed by atoms with Crippen molar-refractivity contribution in [1.82, 2.24) is 0 Å². The lowest BCUT2D eigenvalue weighted by atomic mass is 10.1. The maximum absolute atomic E-state index is 9.08. The van der Waals surface area contributed by atoms with E-state index in [1.165, 1.54) is 0 Å². The van der Waals surface area contributed by atoms with E-state index in [9.17, 15) is 0 Å². The van der Waals surface area contributed by atoms with Gasteiger partial charge in [0.1, 0.15) is 0 Å². The van der Waals surface area contributed by atoms with Crippen molar-refractivity contribution < 1.29 is 5.11 Å². The molecule has 4 heteroatoms. The average Bonchev–Trinajstić information content (AvgIpc) is 2.40. The van der Waals surface area contributed by atoms with Gasteiger partial charge in [0, 0.05) is 30.2 Å². The summed E-state index contributed by atoms with van der Waals surface area (Å²) in [5.74, 6) is 0. The minimum atomic E-state index is 0.103. The highest BCUT2D eigenvalue weighted by molar-refractivity contribution is 5.59. The summed E-state index contributed by atoms with van der Waals surface area (Å²) in [5, 5.41) is 12.4. The van der Waals surface area contributed by atoms with E-state index < -0.39 is 0 Å². The first kappa shape index (κ1) is 13.2.